The summed E-state index contributed by atoms with van der Waals surface area (Å²) in [6.07, 6.45) is 4.32. The molecular weight excluding hydrogens is 528 g/mol. The number of aliphatic hydroxyl groups is 2. The Kier molecular flexibility index (Phi) is 9.04. The number of piperidine rings is 1. The number of nitrogens with zero attached hydrogens (tertiary/aromatic N) is 5. The lowest BCUT2D eigenvalue weighted by Gasteiger charge is -2.35. The van der Waals surface area contributed by atoms with Crippen molar-refractivity contribution >= 4 is 39.0 Å². The zero-order chi connectivity index (χ0) is 28.1. The SMILES string of the molecule is Cc1cc2cccnc2c(N2CCCN(Cc3csc(N4CCC(C)(O)CC4)n3)CC2)c1OCC(=O)NCCO. The number of nitrogens with one attached hydrogen (secondary N) is 1. The Labute approximate surface area is 239 Å². The molecule has 2 aliphatic rings. The average molecular weight is 569 g/mol. The molecule has 2 aromatic heterocycles. The van der Waals surface area contributed by atoms with Gasteiger partial charge in [0.2, 0.25) is 0 Å². The summed E-state index contributed by atoms with van der Waals surface area (Å²) in [5.74, 6) is 0.420. The molecule has 10 nitrogen and oxygen atoms in total. The minimum absolute atomic E-state index is 0.107. The maximum atomic E-state index is 12.2. The maximum Gasteiger partial charge on any atom is 0.258 e. The minimum Gasteiger partial charge on any atom is -0.481 e. The van der Waals surface area contributed by atoms with Gasteiger partial charge in [0.25, 0.3) is 5.91 Å². The molecule has 0 aliphatic carbocycles. The van der Waals surface area contributed by atoms with Crippen molar-refractivity contribution in [3.05, 3.63) is 41.0 Å². The number of carbonyl (C=O) groups is 1. The van der Waals surface area contributed by atoms with Crippen molar-refractivity contribution in [1.29, 1.82) is 0 Å². The van der Waals surface area contributed by atoms with Gasteiger partial charge in [-0.15, -0.1) is 11.3 Å². The molecule has 0 saturated carbocycles. The molecule has 3 aromatic rings. The summed E-state index contributed by atoms with van der Waals surface area (Å²) in [5.41, 5.74) is 3.29. The van der Waals surface area contributed by atoms with Gasteiger partial charge in [-0.3, -0.25) is 14.7 Å². The van der Waals surface area contributed by atoms with Crippen LogP contribution in [0.4, 0.5) is 10.8 Å². The van der Waals surface area contributed by atoms with Crippen LogP contribution in [0.1, 0.15) is 37.4 Å². The van der Waals surface area contributed by atoms with E-state index in [1.165, 1.54) is 0 Å². The van der Waals surface area contributed by atoms with Crippen LogP contribution < -0.4 is 19.9 Å². The van der Waals surface area contributed by atoms with Gasteiger partial charge in [-0.25, -0.2) is 4.98 Å². The van der Waals surface area contributed by atoms with E-state index >= 15 is 0 Å². The summed E-state index contributed by atoms with van der Waals surface area (Å²) < 4.78 is 6.11. The van der Waals surface area contributed by atoms with Crippen LogP contribution in [0, 0.1) is 6.92 Å². The topological polar surface area (TPSA) is 114 Å². The summed E-state index contributed by atoms with van der Waals surface area (Å²) >= 11 is 1.69. The predicted molar refractivity (Wildman–Crippen MR) is 158 cm³/mol. The van der Waals surface area contributed by atoms with Crippen molar-refractivity contribution < 1.29 is 19.7 Å². The first kappa shape index (κ1) is 28.5. The fraction of sp³-hybridized carbons (Fsp3) is 0.552. The number of hydrogen-bond acceptors (Lipinski definition) is 10. The van der Waals surface area contributed by atoms with E-state index in [4.69, 9.17) is 19.8 Å². The molecule has 0 spiro atoms. The molecule has 1 amide bonds. The molecule has 216 valence electrons. The van der Waals surface area contributed by atoms with Crippen LogP contribution >= 0.6 is 11.3 Å². The van der Waals surface area contributed by atoms with E-state index in [0.717, 1.165) is 98.1 Å². The standard InChI is InChI=1S/C29H40N6O4S/c1-21-17-22-5-3-8-31-25(22)26(27(21)39-19-24(37)30-9-16-36)34-11-4-10-33(14-15-34)18-23-20-40-28(32-23)35-12-6-29(2,38)7-13-35/h3,5,8,17,20,36,38H,4,6-7,9-16,18-19H2,1-2H3,(H,30,37). The summed E-state index contributed by atoms with van der Waals surface area (Å²) in [7, 11) is 0. The zero-order valence-electron chi connectivity index (χ0n) is 23.4. The molecule has 2 aliphatic heterocycles. The van der Waals surface area contributed by atoms with Gasteiger partial charge >= 0.3 is 0 Å². The van der Waals surface area contributed by atoms with Gasteiger partial charge in [-0.2, -0.15) is 0 Å². The number of rotatable bonds is 9. The number of thiazole rings is 1. The lowest BCUT2D eigenvalue weighted by Crippen LogP contribution is -2.42. The van der Waals surface area contributed by atoms with Crippen LogP contribution in [0.25, 0.3) is 10.9 Å². The smallest absolute Gasteiger partial charge is 0.258 e. The quantitative estimate of drug-likeness (QED) is 0.358. The number of fused-ring (bicyclic) bond motifs is 1. The monoisotopic (exact) mass is 568 g/mol. The van der Waals surface area contributed by atoms with Crippen LogP contribution in [-0.2, 0) is 11.3 Å². The van der Waals surface area contributed by atoms with Gasteiger partial charge in [-0.05, 0) is 50.8 Å². The number of aliphatic hydroxyl groups excluding tert-OH is 1. The number of anilines is 2. The van der Waals surface area contributed by atoms with Crippen molar-refractivity contribution in [1.82, 2.24) is 20.2 Å². The molecule has 3 N–H and O–H groups in total. The Morgan fingerprint density at radius 2 is 2.00 bits per heavy atom. The Bertz CT molecular complexity index is 1300. The lowest BCUT2D eigenvalue weighted by atomic mass is 9.94. The summed E-state index contributed by atoms with van der Waals surface area (Å²) in [5, 5.41) is 26.2. The average Bonchev–Trinajstić information content (AvgIpc) is 3.28. The number of amides is 1. The van der Waals surface area contributed by atoms with Gasteiger partial charge in [0.05, 0.1) is 23.4 Å². The van der Waals surface area contributed by atoms with Crippen molar-refractivity contribution in [2.24, 2.45) is 0 Å². The molecule has 1 aromatic carbocycles. The van der Waals surface area contributed by atoms with Gasteiger partial charge in [0.1, 0.15) is 11.4 Å². The first-order chi connectivity index (χ1) is 19.3. The van der Waals surface area contributed by atoms with Gasteiger partial charge in [0, 0.05) is 69.3 Å². The lowest BCUT2D eigenvalue weighted by molar-refractivity contribution is -0.123. The Hall–Kier alpha value is -2.99. The number of hydrogen-bond donors (Lipinski definition) is 3. The van der Waals surface area contributed by atoms with E-state index in [9.17, 15) is 9.90 Å². The zero-order valence-corrected chi connectivity index (χ0v) is 24.3. The van der Waals surface area contributed by atoms with Crippen LogP contribution in [0.3, 0.4) is 0 Å². The third kappa shape index (κ3) is 6.83. The second-order valence-electron chi connectivity index (χ2n) is 11.0. The van der Waals surface area contributed by atoms with Crippen molar-refractivity contribution in [2.75, 3.05) is 68.8 Å². The molecule has 0 bridgehead atoms. The first-order valence-corrected chi connectivity index (χ1v) is 15.0. The van der Waals surface area contributed by atoms with Crippen molar-refractivity contribution in [3.63, 3.8) is 0 Å². The maximum absolute atomic E-state index is 12.2. The highest BCUT2D eigenvalue weighted by Gasteiger charge is 2.29. The summed E-state index contributed by atoms with van der Waals surface area (Å²) in [6, 6.07) is 6.05. The minimum atomic E-state index is -0.566. The molecule has 2 saturated heterocycles. The van der Waals surface area contributed by atoms with Crippen molar-refractivity contribution in [2.45, 2.75) is 45.3 Å². The number of aryl methyl sites for hydroxylation is 1. The van der Waals surface area contributed by atoms with E-state index in [0.29, 0.717) is 5.75 Å². The number of carbonyl (C=O) groups excluding carboxylic acids is 1. The second-order valence-corrected chi connectivity index (χ2v) is 11.9. The molecule has 5 rings (SSSR count). The van der Waals surface area contributed by atoms with E-state index in [1.807, 2.05) is 19.9 Å². The molecule has 0 atom stereocenters. The Morgan fingerprint density at radius 3 is 2.80 bits per heavy atom. The van der Waals surface area contributed by atoms with Gasteiger partial charge in [-0.1, -0.05) is 6.07 Å². The molecule has 11 heteroatoms. The highest BCUT2D eigenvalue weighted by molar-refractivity contribution is 7.13. The molecule has 0 unspecified atom stereocenters. The fourth-order valence-corrected chi connectivity index (χ4v) is 6.33. The third-order valence-electron chi connectivity index (χ3n) is 7.73. The summed E-state index contributed by atoms with van der Waals surface area (Å²) in [4.78, 5) is 29.0. The predicted octanol–water partition coefficient (Wildman–Crippen LogP) is 2.55. The largest absolute Gasteiger partial charge is 0.481 e. The fourth-order valence-electron chi connectivity index (χ4n) is 5.46. The van der Waals surface area contributed by atoms with Crippen molar-refractivity contribution in [3.8, 4) is 5.75 Å². The molecular formula is C29H40N6O4S. The van der Waals surface area contributed by atoms with Crippen LogP contribution in [0.2, 0.25) is 0 Å². The van der Waals surface area contributed by atoms with E-state index < -0.39 is 5.60 Å². The molecule has 40 heavy (non-hydrogen) atoms. The number of ether oxygens (including phenoxy) is 1. The molecule has 2 fully saturated rings. The number of benzene rings is 1. The first-order valence-electron chi connectivity index (χ1n) is 14.1. The van der Waals surface area contributed by atoms with E-state index in [-0.39, 0.29) is 25.7 Å². The number of aromatic nitrogens is 2. The van der Waals surface area contributed by atoms with Gasteiger partial charge in [0.15, 0.2) is 11.7 Å². The Balaban J connectivity index is 1.28. The molecule has 4 heterocycles. The third-order valence-corrected chi connectivity index (χ3v) is 8.68. The van der Waals surface area contributed by atoms with Crippen LogP contribution in [0.5, 0.6) is 5.75 Å². The highest BCUT2D eigenvalue weighted by atomic mass is 32.1. The van der Waals surface area contributed by atoms with Crippen LogP contribution in [0.15, 0.2) is 29.8 Å². The summed E-state index contributed by atoms with van der Waals surface area (Å²) in [6.45, 7) is 9.88. The van der Waals surface area contributed by atoms with Crippen LogP contribution in [-0.4, -0.2) is 95.6 Å². The highest BCUT2D eigenvalue weighted by Crippen LogP contribution is 2.39. The molecule has 0 radical (unpaired) electrons. The van der Waals surface area contributed by atoms with Gasteiger partial charge < -0.3 is 30.1 Å². The Morgan fingerprint density at radius 1 is 1.18 bits per heavy atom. The number of pyridine rings is 1. The second kappa shape index (κ2) is 12.7. The van der Waals surface area contributed by atoms with E-state index in [2.05, 4.69) is 37.5 Å². The van der Waals surface area contributed by atoms with E-state index in [1.54, 1.807) is 17.5 Å². The normalized spacial score (nSPS) is 18.1.